The molecule has 1 N–H and O–H groups in total. The number of hydrazone groups is 1. The van der Waals surface area contributed by atoms with Crippen molar-refractivity contribution in [2.45, 2.75) is 0 Å². The Morgan fingerprint density at radius 3 is 2.71 bits per heavy atom. The van der Waals surface area contributed by atoms with Gasteiger partial charge in [0.1, 0.15) is 11.5 Å². The molecule has 0 aliphatic heterocycles. The van der Waals surface area contributed by atoms with E-state index in [1.165, 1.54) is 36.4 Å². The number of anilines is 1. The maximum atomic E-state index is 13.1. The van der Waals surface area contributed by atoms with Crippen LogP contribution >= 0.6 is 23.2 Å². The van der Waals surface area contributed by atoms with Gasteiger partial charge in [-0.15, -0.1) is 0 Å². The van der Waals surface area contributed by atoms with E-state index in [1.807, 2.05) is 0 Å². The van der Waals surface area contributed by atoms with Gasteiger partial charge in [0.25, 0.3) is 5.69 Å². The molecular formula is C13H8Cl2FN3O2. The van der Waals surface area contributed by atoms with Gasteiger partial charge in [0.15, 0.2) is 5.17 Å². The fourth-order valence-electron chi connectivity index (χ4n) is 1.55. The van der Waals surface area contributed by atoms with Crippen molar-refractivity contribution in [3.05, 3.63) is 69.0 Å². The minimum atomic E-state index is -0.579. The van der Waals surface area contributed by atoms with Crippen molar-refractivity contribution in [1.29, 1.82) is 0 Å². The summed E-state index contributed by atoms with van der Waals surface area (Å²) in [5, 5.41) is 14.9. The van der Waals surface area contributed by atoms with Crippen LogP contribution in [0.2, 0.25) is 5.02 Å². The van der Waals surface area contributed by atoms with Crippen molar-refractivity contribution >= 4 is 39.7 Å². The number of nitrogens with zero attached hydrogens (tertiary/aromatic N) is 2. The van der Waals surface area contributed by atoms with E-state index in [1.54, 1.807) is 6.07 Å². The summed E-state index contributed by atoms with van der Waals surface area (Å²) in [4.78, 5) is 10.3. The molecule has 108 valence electrons. The van der Waals surface area contributed by atoms with Crippen molar-refractivity contribution in [3.8, 4) is 0 Å². The molecule has 0 unspecified atom stereocenters. The predicted octanol–water partition coefficient (Wildman–Crippen LogP) is 4.40. The lowest BCUT2D eigenvalue weighted by atomic mass is 10.2. The number of halogens is 3. The number of benzene rings is 2. The third-order valence-electron chi connectivity index (χ3n) is 2.49. The quantitative estimate of drug-likeness (QED) is 0.514. The number of nitrogens with one attached hydrogen (secondary N) is 1. The molecular weight excluding hydrogens is 320 g/mol. The lowest BCUT2D eigenvalue weighted by Crippen LogP contribution is -2.00. The highest BCUT2D eigenvalue weighted by molar-refractivity contribution is 6.69. The monoisotopic (exact) mass is 327 g/mol. The Balaban J connectivity index is 2.28. The molecule has 2 aromatic carbocycles. The molecule has 2 rings (SSSR count). The van der Waals surface area contributed by atoms with E-state index in [0.29, 0.717) is 10.6 Å². The third kappa shape index (κ3) is 3.90. The summed E-state index contributed by atoms with van der Waals surface area (Å²) in [5.74, 6) is -0.463. The van der Waals surface area contributed by atoms with Crippen LogP contribution in [0.25, 0.3) is 0 Å². The molecule has 8 heteroatoms. The highest BCUT2D eigenvalue weighted by Gasteiger charge is 2.13. The SMILES string of the molecule is O=[N+]([O-])c1ccc(Cl)cc1N/N=C(/Cl)c1cccc(F)c1. The van der Waals surface area contributed by atoms with Gasteiger partial charge in [0, 0.05) is 16.7 Å². The standard InChI is InChI=1S/C13H8Cl2FN3O2/c14-9-4-5-12(19(20)21)11(7-9)17-18-13(15)8-2-1-3-10(16)6-8/h1-7,17H/b18-13+. The molecule has 0 bridgehead atoms. The first-order valence-corrected chi connectivity index (χ1v) is 6.42. The van der Waals surface area contributed by atoms with Gasteiger partial charge >= 0.3 is 0 Å². The zero-order chi connectivity index (χ0) is 15.4. The van der Waals surface area contributed by atoms with Gasteiger partial charge in [0.05, 0.1) is 4.92 Å². The van der Waals surface area contributed by atoms with Gasteiger partial charge in [-0.25, -0.2) is 4.39 Å². The average molecular weight is 328 g/mol. The first-order valence-electron chi connectivity index (χ1n) is 5.66. The van der Waals surface area contributed by atoms with Gasteiger partial charge < -0.3 is 0 Å². The molecule has 21 heavy (non-hydrogen) atoms. The van der Waals surface area contributed by atoms with Crippen molar-refractivity contribution in [3.63, 3.8) is 0 Å². The maximum absolute atomic E-state index is 13.1. The zero-order valence-electron chi connectivity index (χ0n) is 10.4. The molecule has 0 saturated carbocycles. The molecule has 0 radical (unpaired) electrons. The van der Waals surface area contributed by atoms with Crippen molar-refractivity contribution in [2.75, 3.05) is 5.43 Å². The topological polar surface area (TPSA) is 67.5 Å². The van der Waals surface area contributed by atoms with Gasteiger partial charge in [-0.2, -0.15) is 5.10 Å². The molecule has 0 aliphatic rings. The highest BCUT2D eigenvalue weighted by Crippen LogP contribution is 2.27. The Bertz CT molecular complexity index is 722. The second-order valence-electron chi connectivity index (χ2n) is 3.94. The third-order valence-corrected chi connectivity index (χ3v) is 3.03. The molecule has 0 atom stereocenters. The molecule has 0 aromatic heterocycles. The van der Waals surface area contributed by atoms with Gasteiger partial charge in [-0.05, 0) is 24.3 Å². The summed E-state index contributed by atoms with van der Waals surface area (Å²) in [6.45, 7) is 0. The second-order valence-corrected chi connectivity index (χ2v) is 4.74. The first-order chi connectivity index (χ1) is 9.97. The van der Waals surface area contributed by atoms with E-state index in [4.69, 9.17) is 23.2 Å². The molecule has 0 saturated heterocycles. The highest BCUT2D eigenvalue weighted by atomic mass is 35.5. The Kier molecular flexibility index (Phi) is 4.72. The van der Waals surface area contributed by atoms with Crippen LogP contribution in [0.15, 0.2) is 47.6 Å². The largest absolute Gasteiger partial charge is 0.294 e. The number of hydrogen-bond acceptors (Lipinski definition) is 4. The molecule has 0 fully saturated rings. The molecule has 0 aliphatic carbocycles. The molecule has 0 spiro atoms. The van der Waals surface area contributed by atoms with Crippen LogP contribution in [-0.4, -0.2) is 10.1 Å². The van der Waals surface area contributed by atoms with Crippen molar-refractivity contribution in [1.82, 2.24) is 0 Å². The fraction of sp³-hybridized carbons (Fsp3) is 0. The van der Waals surface area contributed by atoms with Gasteiger partial charge in [0.2, 0.25) is 0 Å². The molecule has 2 aromatic rings. The summed E-state index contributed by atoms with van der Waals surface area (Å²) < 4.78 is 13.1. The molecule has 0 heterocycles. The van der Waals surface area contributed by atoms with E-state index < -0.39 is 10.7 Å². The van der Waals surface area contributed by atoms with Crippen LogP contribution in [0.5, 0.6) is 0 Å². The zero-order valence-corrected chi connectivity index (χ0v) is 11.9. The van der Waals surface area contributed by atoms with E-state index in [-0.39, 0.29) is 16.5 Å². The van der Waals surface area contributed by atoms with E-state index >= 15 is 0 Å². The van der Waals surface area contributed by atoms with Crippen LogP contribution in [0.3, 0.4) is 0 Å². The van der Waals surface area contributed by atoms with Crippen LogP contribution in [0.1, 0.15) is 5.56 Å². The number of rotatable bonds is 4. The van der Waals surface area contributed by atoms with E-state index in [0.717, 1.165) is 0 Å². The van der Waals surface area contributed by atoms with Crippen LogP contribution in [0.4, 0.5) is 15.8 Å². The first kappa shape index (κ1) is 15.2. The lowest BCUT2D eigenvalue weighted by molar-refractivity contribution is -0.384. The van der Waals surface area contributed by atoms with Gasteiger partial charge in [-0.3, -0.25) is 15.5 Å². The lowest BCUT2D eigenvalue weighted by Gasteiger charge is -2.04. The summed E-state index contributed by atoms with van der Waals surface area (Å²) in [6.07, 6.45) is 0. The number of nitro benzene ring substituents is 1. The minimum absolute atomic E-state index is 0.0382. The maximum Gasteiger partial charge on any atom is 0.294 e. The smallest absolute Gasteiger partial charge is 0.270 e. The predicted molar refractivity (Wildman–Crippen MR) is 80.5 cm³/mol. The van der Waals surface area contributed by atoms with Crippen LogP contribution < -0.4 is 5.43 Å². The molecule has 5 nitrogen and oxygen atoms in total. The minimum Gasteiger partial charge on any atom is -0.270 e. The second kappa shape index (κ2) is 6.51. The van der Waals surface area contributed by atoms with E-state index in [2.05, 4.69) is 10.5 Å². The summed E-state index contributed by atoms with van der Waals surface area (Å²) in [7, 11) is 0. The Labute approximate surface area is 129 Å². The van der Waals surface area contributed by atoms with Crippen LogP contribution in [0, 0.1) is 15.9 Å². The van der Waals surface area contributed by atoms with Gasteiger partial charge in [-0.1, -0.05) is 35.3 Å². The number of hydrogen-bond donors (Lipinski definition) is 1. The van der Waals surface area contributed by atoms with Crippen molar-refractivity contribution in [2.24, 2.45) is 5.10 Å². The van der Waals surface area contributed by atoms with Crippen molar-refractivity contribution < 1.29 is 9.31 Å². The molecule has 0 amide bonds. The Hall–Kier alpha value is -2.18. The fourth-order valence-corrected chi connectivity index (χ4v) is 1.88. The normalized spacial score (nSPS) is 11.3. The van der Waals surface area contributed by atoms with E-state index in [9.17, 15) is 14.5 Å². The Morgan fingerprint density at radius 2 is 2.05 bits per heavy atom. The average Bonchev–Trinajstić information content (AvgIpc) is 2.44. The summed E-state index contributed by atoms with van der Waals surface area (Å²) in [5.41, 5.74) is 2.69. The number of nitro groups is 1. The summed E-state index contributed by atoms with van der Waals surface area (Å²) >= 11 is 11.7. The van der Waals surface area contributed by atoms with Crippen LogP contribution in [-0.2, 0) is 0 Å². The Morgan fingerprint density at radius 1 is 1.29 bits per heavy atom. The summed E-state index contributed by atoms with van der Waals surface area (Å²) in [6, 6.07) is 9.48.